The van der Waals surface area contributed by atoms with Crippen LogP contribution in [-0.4, -0.2) is 39.9 Å². The van der Waals surface area contributed by atoms with Crippen LogP contribution in [0.5, 0.6) is 0 Å². The number of halogens is 1. The van der Waals surface area contributed by atoms with Gasteiger partial charge in [-0.25, -0.2) is 0 Å². The van der Waals surface area contributed by atoms with Crippen molar-refractivity contribution in [1.29, 1.82) is 0 Å². The Kier molecular flexibility index (Phi) is 5.91. The molecule has 0 spiro atoms. The molecule has 1 aromatic rings. The molecule has 4 nitrogen and oxygen atoms in total. The van der Waals surface area contributed by atoms with Crippen molar-refractivity contribution < 1.29 is 4.79 Å². The lowest BCUT2D eigenvalue weighted by atomic mass is 10.1. The summed E-state index contributed by atoms with van der Waals surface area (Å²) < 4.78 is 0. The van der Waals surface area contributed by atoms with Crippen molar-refractivity contribution >= 4 is 30.1 Å². The Morgan fingerprint density at radius 3 is 3.11 bits per heavy atom. The van der Waals surface area contributed by atoms with Crippen molar-refractivity contribution in [2.45, 2.75) is 19.5 Å². The van der Waals surface area contributed by atoms with E-state index < -0.39 is 0 Å². The number of aromatic nitrogens is 1. The second-order valence-corrected chi connectivity index (χ2v) is 5.31. The molecule has 1 aromatic heterocycles. The Labute approximate surface area is 118 Å². The lowest BCUT2D eigenvalue weighted by Crippen LogP contribution is -2.44. The minimum atomic E-state index is 0. The first kappa shape index (κ1) is 15.3. The van der Waals surface area contributed by atoms with Crippen molar-refractivity contribution in [2.24, 2.45) is 5.73 Å². The average Bonchev–Trinajstić information content (AvgIpc) is 2.38. The fourth-order valence-corrected chi connectivity index (χ4v) is 2.93. The van der Waals surface area contributed by atoms with Crippen LogP contribution in [0.15, 0.2) is 18.3 Å². The number of carbonyl (C=O) groups is 1. The zero-order valence-corrected chi connectivity index (χ0v) is 12.0. The molecule has 1 unspecified atom stereocenters. The second kappa shape index (κ2) is 6.97. The van der Waals surface area contributed by atoms with Crippen LogP contribution >= 0.6 is 24.2 Å². The third kappa shape index (κ3) is 3.37. The number of carbonyl (C=O) groups excluding carboxylic acids is 1. The highest BCUT2D eigenvalue weighted by Gasteiger charge is 2.24. The summed E-state index contributed by atoms with van der Waals surface area (Å²) in [7, 11) is 0. The predicted octanol–water partition coefficient (Wildman–Crippen LogP) is 1.54. The van der Waals surface area contributed by atoms with Gasteiger partial charge in [0.25, 0.3) is 5.91 Å². The summed E-state index contributed by atoms with van der Waals surface area (Å²) in [6.07, 6.45) is 1.65. The number of rotatable bonds is 2. The number of nitrogens with zero attached hydrogens (tertiary/aromatic N) is 2. The van der Waals surface area contributed by atoms with E-state index in [1.165, 1.54) is 0 Å². The molecule has 1 saturated heterocycles. The minimum absolute atomic E-state index is 0. The van der Waals surface area contributed by atoms with Crippen LogP contribution < -0.4 is 5.73 Å². The van der Waals surface area contributed by atoms with E-state index in [1.54, 1.807) is 18.3 Å². The predicted molar refractivity (Wildman–Crippen MR) is 77.2 cm³/mol. The quantitative estimate of drug-likeness (QED) is 0.896. The molecule has 1 aliphatic rings. The number of nitrogens with two attached hydrogens (primary N) is 1. The van der Waals surface area contributed by atoms with Crippen LogP contribution in [-0.2, 0) is 6.54 Å². The van der Waals surface area contributed by atoms with Gasteiger partial charge in [0.1, 0.15) is 0 Å². The van der Waals surface area contributed by atoms with Crippen LogP contribution in [0.2, 0.25) is 0 Å². The molecule has 2 heterocycles. The summed E-state index contributed by atoms with van der Waals surface area (Å²) in [6.45, 7) is 3.28. The van der Waals surface area contributed by atoms with Gasteiger partial charge >= 0.3 is 0 Å². The summed E-state index contributed by atoms with van der Waals surface area (Å²) in [4.78, 5) is 18.4. The largest absolute Gasteiger partial charge is 0.334 e. The Hall–Kier alpha value is -0.780. The zero-order valence-electron chi connectivity index (χ0n) is 10.3. The number of pyridine rings is 1. The molecule has 0 radical (unpaired) electrons. The van der Waals surface area contributed by atoms with Crippen molar-refractivity contribution in [3.63, 3.8) is 0 Å². The van der Waals surface area contributed by atoms with E-state index in [0.717, 1.165) is 23.7 Å². The molecular formula is C12H18ClN3OS. The van der Waals surface area contributed by atoms with E-state index in [0.29, 0.717) is 18.2 Å². The van der Waals surface area contributed by atoms with Crippen LogP contribution in [0.1, 0.15) is 23.0 Å². The summed E-state index contributed by atoms with van der Waals surface area (Å²) in [5.41, 5.74) is 6.99. The maximum Gasteiger partial charge on any atom is 0.254 e. The third-order valence-electron chi connectivity index (χ3n) is 2.90. The maximum atomic E-state index is 12.3. The SMILES string of the molecule is CC1CSCCN1C(=O)c1ccnc(CN)c1.Cl. The molecule has 2 rings (SSSR count). The molecule has 0 bridgehead atoms. The zero-order chi connectivity index (χ0) is 12.3. The first-order valence-corrected chi connectivity index (χ1v) is 6.91. The van der Waals surface area contributed by atoms with E-state index >= 15 is 0 Å². The molecule has 0 saturated carbocycles. The van der Waals surface area contributed by atoms with Gasteiger partial charge in [0.2, 0.25) is 0 Å². The van der Waals surface area contributed by atoms with Crippen LogP contribution in [0.3, 0.4) is 0 Å². The number of thioether (sulfide) groups is 1. The van der Waals surface area contributed by atoms with E-state index in [1.807, 2.05) is 16.7 Å². The topological polar surface area (TPSA) is 59.2 Å². The van der Waals surface area contributed by atoms with Crippen molar-refractivity contribution in [2.75, 3.05) is 18.1 Å². The summed E-state index contributed by atoms with van der Waals surface area (Å²) in [6, 6.07) is 3.85. The third-order valence-corrected chi connectivity index (χ3v) is 4.09. The monoisotopic (exact) mass is 287 g/mol. The van der Waals surface area contributed by atoms with E-state index in [9.17, 15) is 4.79 Å². The summed E-state index contributed by atoms with van der Waals surface area (Å²) >= 11 is 1.90. The Balaban J connectivity index is 0.00000162. The molecule has 1 aliphatic heterocycles. The second-order valence-electron chi connectivity index (χ2n) is 4.16. The van der Waals surface area contributed by atoms with Gasteiger partial charge in [-0.05, 0) is 19.1 Å². The van der Waals surface area contributed by atoms with Gasteiger partial charge in [-0.3, -0.25) is 9.78 Å². The van der Waals surface area contributed by atoms with Crippen LogP contribution in [0.25, 0.3) is 0 Å². The molecule has 0 aliphatic carbocycles. The molecule has 2 N–H and O–H groups in total. The average molecular weight is 288 g/mol. The summed E-state index contributed by atoms with van der Waals surface area (Å²) in [5.74, 6) is 2.13. The van der Waals surface area contributed by atoms with Gasteiger partial charge in [0, 0.05) is 42.4 Å². The van der Waals surface area contributed by atoms with Crippen molar-refractivity contribution in [1.82, 2.24) is 9.88 Å². The molecule has 6 heteroatoms. The highest BCUT2D eigenvalue weighted by Crippen LogP contribution is 2.18. The minimum Gasteiger partial charge on any atom is -0.334 e. The molecule has 1 fully saturated rings. The van der Waals surface area contributed by atoms with Crippen molar-refractivity contribution in [3.05, 3.63) is 29.6 Å². The highest BCUT2D eigenvalue weighted by atomic mass is 35.5. The van der Waals surface area contributed by atoms with Gasteiger partial charge in [-0.2, -0.15) is 11.8 Å². The Morgan fingerprint density at radius 2 is 2.44 bits per heavy atom. The molecule has 0 aromatic carbocycles. The van der Waals surface area contributed by atoms with Crippen LogP contribution in [0.4, 0.5) is 0 Å². The van der Waals surface area contributed by atoms with E-state index in [2.05, 4.69) is 11.9 Å². The molecule has 1 atom stereocenters. The van der Waals surface area contributed by atoms with E-state index in [-0.39, 0.29) is 18.3 Å². The maximum absolute atomic E-state index is 12.3. The number of amides is 1. The van der Waals surface area contributed by atoms with Gasteiger partial charge in [0.05, 0.1) is 5.69 Å². The lowest BCUT2D eigenvalue weighted by molar-refractivity contribution is 0.0716. The fraction of sp³-hybridized carbons (Fsp3) is 0.500. The lowest BCUT2D eigenvalue weighted by Gasteiger charge is -2.33. The Bertz CT molecular complexity index is 416. The number of hydrogen-bond acceptors (Lipinski definition) is 4. The van der Waals surface area contributed by atoms with Gasteiger partial charge in [-0.15, -0.1) is 12.4 Å². The normalized spacial score (nSPS) is 19.2. The highest BCUT2D eigenvalue weighted by molar-refractivity contribution is 7.99. The van der Waals surface area contributed by atoms with Crippen molar-refractivity contribution in [3.8, 4) is 0 Å². The number of hydrogen-bond donors (Lipinski definition) is 1. The molecule has 1 amide bonds. The van der Waals surface area contributed by atoms with Gasteiger partial charge in [0.15, 0.2) is 0 Å². The van der Waals surface area contributed by atoms with Gasteiger partial charge in [-0.1, -0.05) is 0 Å². The smallest absolute Gasteiger partial charge is 0.254 e. The van der Waals surface area contributed by atoms with E-state index in [4.69, 9.17) is 5.73 Å². The summed E-state index contributed by atoms with van der Waals surface area (Å²) in [5, 5.41) is 0. The standard InChI is InChI=1S/C12H17N3OS.ClH/c1-9-8-17-5-4-15(9)12(16)10-2-3-14-11(6-10)7-13;/h2-3,6,9H,4-5,7-8,13H2,1H3;1H. The molecular weight excluding hydrogens is 270 g/mol. The molecule has 18 heavy (non-hydrogen) atoms. The Morgan fingerprint density at radius 1 is 1.67 bits per heavy atom. The van der Waals surface area contributed by atoms with Crippen LogP contribution in [0, 0.1) is 0 Å². The first-order valence-electron chi connectivity index (χ1n) is 5.76. The van der Waals surface area contributed by atoms with Gasteiger partial charge < -0.3 is 10.6 Å². The molecule has 100 valence electrons. The first-order chi connectivity index (χ1) is 8.22. The fourth-order valence-electron chi connectivity index (χ4n) is 1.92.